The van der Waals surface area contributed by atoms with Crippen LogP contribution in [-0.2, 0) is 9.59 Å². The van der Waals surface area contributed by atoms with Crippen molar-refractivity contribution in [3.05, 3.63) is 64.7 Å². The molecule has 26 heavy (non-hydrogen) atoms. The Hall–Kier alpha value is -2.47. The van der Waals surface area contributed by atoms with E-state index in [1.165, 1.54) is 17.9 Å². The highest BCUT2D eigenvalue weighted by atomic mass is 35.5. The quantitative estimate of drug-likeness (QED) is 0.814. The van der Waals surface area contributed by atoms with Gasteiger partial charge in [-0.05, 0) is 36.8 Å². The average molecular weight is 381 g/mol. The van der Waals surface area contributed by atoms with Gasteiger partial charge < -0.3 is 10.2 Å². The Morgan fingerprint density at radius 2 is 1.77 bits per heavy atom. The highest BCUT2D eigenvalue weighted by Gasteiger charge is 2.22. The third-order valence-corrected chi connectivity index (χ3v) is 4.11. The zero-order valence-electron chi connectivity index (χ0n) is 14.4. The summed E-state index contributed by atoms with van der Waals surface area (Å²) in [6.07, 6.45) is -0.0337. The van der Waals surface area contributed by atoms with Crippen LogP contribution < -0.4 is 10.2 Å². The van der Waals surface area contributed by atoms with E-state index in [4.69, 9.17) is 11.6 Å². The second-order valence-electron chi connectivity index (χ2n) is 5.75. The summed E-state index contributed by atoms with van der Waals surface area (Å²) in [5.74, 6) is -2.61. The molecule has 0 spiro atoms. The number of carbonyl (C=O) groups is 2. The number of halogens is 3. The van der Waals surface area contributed by atoms with E-state index < -0.39 is 17.7 Å². The topological polar surface area (TPSA) is 49.4 Å². The summed E-state index contributed by atoms with van der Waals surface area (Å²) in [5, 5.41) is 3.27. The molecule has 1 unspecified atom stereocenters. The number of hydrogen-bond acceptors (Lipinski definition) is 2. The predicted molar refractivity (Wildman–Crippen MR) is 97.0 cm³/mol. The lowest BCUT2D eigenvalue weighted by Gasteiger charge is -2.25. The van der Waals surface area contributed by atoms with E-state index in [0.717, 1.165) is 17.7 Å². The van der Waals surface area contributed by atoms with E-state index in [1.54, 1.807) is 31.2 Å². The zero-order chi connectivity index (χ0) is 19.3. The maximum atomic E-state index is 13.5. The molecule has 0 heterocycles. The van der Waals surface area contributed by atoms with Gasteiger partial charge in [0, 0.05) is 30.2 Å². The van der Waals surface area contributed by atoms with Crippen LogP contribution in [0.4, 0.5) is 14.5 Å². The summed E-state index contributed by atoms with van der Waals surface area (Å²) in [6.45, 7) is 3.37. The van der Waals surface area contributed by atoms with Gasteiger partial charge in [-0.3, -0.25) is 9.59 Å². The lowest BCUT2D eigenvalue weighted by molar-refractivity contribution is -0.121. The van der Waals surface area contributed by atoms with Crippen LogP contribution in [0.5, 0.6) is 0 Å². The molecule has 0 saturated heterocycles. The number of nitrogens with zero attached hydrogens (tertiary/aromatic N) is 1. The highest BCUT2D eigenvalue weighted by molar-refractivity contribution is 6.30. The van der Waals surface area contributed by atoms with Crippen LogP contribution in [0.25, 0.3) is 0 Å². The molecule has 0 bridgehead atoms. The van der Waals surface area contributed by atoms with Crippen LogP contribution in [0.15, 0.2) is 42.5 Å². The molecule has 0 aliphatic carbocycles. The van der Waals surface area contributed by atoms with Crippen LogP contribution in [0.3, 0.4) is 0 Å². The molecule has 1 atom stereocenters. The summed E-state index contributed by atoms with van der Waals surface area (Å²) in [5.41, 5.74) is 0.980. The van der Waals surface area contributed by atoms with E-state index in [9.17, 15) is 18.4 Å². The Morgan fingerprint density at radius 3 is 2.31 bits per heavy atom. The molecule has 0 fully saturated rings. The van der Waals surface area contributed by atoms with Gasteiger partial charge in [-0.15, -0.1) is 0 Å². The molecule has 2 aromatic rings. The van der Waals surface area contributed by atoms with Crippen LogP contribution in [-0.4, -0.2) is 18.4 Å². The van der Waals surface area contributed by atoms with E-state index in [0.29, 0.717) is 5.02 Å². The summed E-state index contributed by atoms with van der Waals surface area (Å²) >= 11 is 5.88. The van der Waals surface area contributed by atoms with Crippen LogP contribution in [0.2, 0.25) is 5.02 Å². The van der Waals surface area contributed by atoms with Gasteiger partial charge in [0.15, 0.2) is 11.6 Å². The molecular formula is C19H19ClF2N2O2. The van der Waals surface area contributed by atoms with Crippen molar-refractivity contribution >= 4 is 29.1 Å². The summed E-state index contributed by atoms with van der Waals surface area (Å²) in [7, 11) is 0. The minimum absolute atomic E-state index is 0.0337. The number of rotatable bonds is 6. The first-order valence-corrected chi connectivity index (χ1v) is 8.47. The minimum Gasteiger partial charge on any atom is -0.349 e. The molecular weight excluding hydrogens is 362 g/mol. The molecule has 2 amide bonds. The van der Waals surface area contributed by atoms with Crippen molar-refractivity contribution in [1.29, 1.82) is 0 Å². The molecule has 0 aliphatic heterocycles. The van der Waals surface area contributed by atoms with E-state index in [1.807, 2.05) is 0 Å². The minimum atomic E-state index is -1.02. The molecule has 2 aromatic carbocycles. The van der Waals surface area contributed by atoms with Gasteiger partial charge in [-0.25, -0.2) is 8.78 Å². The Balaban J connectivity index is 2.24. The maximum absolute atomic E-state index is 13.5. The highest BCUT2D eigenvalue weighted by Crippen LogP contribution is 2.24. The molecule has 7 heteroatoms. The van der Waals surface area contributed by atoms with Crippen molar-refractivity contribution in [1.82, 2.24) is 5.32 Å². The van der Waals surface area contributed by atoms with Gasteiger partial charge >= 0.3 is 0 Å². The second-order valence-corrected chi connectivity index (χ2v) is 6.18. The van der Waals surface area contributed by atoms with E-state index in [-0.39, 0.29) is 30.5 Å². The normalized spacial score (nSPS) is 11.7. The van der Waals surface area contributed by atoms with Gasteiger partial charge in [0.2, 0.25) is 11.8 Å². The lowest BCUT2D eigenvalue weighted by Crippen LogP contribution is -2.36. The molecule has 138 valence electrons. The van der Waals surface area contributed by atoms with Crippen molar-refractivity contribution in [2.45, 2.75) is 26.3 Å². The predicted octanol–water partition coefficient (Wildman–Crippen LogP) is 4.24. The van der Waals surface area contributed by atoms with Gasteiger partial charge in [-0.2, -0.15) is 0 Å². The summed E-state index contributed by atoms with van der Waals surface area (Å²) in [6, 6.07) is 9.53. The summed E-state index contributed by atoms with van der Waals surface area (Å²) in [4.78, 5) is 25.6. The number of hydrogen-bond donors (Lipinski definition) is 1. The number of anilines is 1. The molecule has 0 saturated carbocycles. The van der Waals surface area contributed by atoms with Gasteiger partial charge in [0.25, 0.3) is 0 Å². The Labute approximate surface area is 155 Å². The summed E-state index contributed by atoms with van der Waals surface area (Å²) < 4.78 is 26.6. The van der Waals surface area contributed by atoms with E-state index in [2.05, 4.69) is 5.32 Å². The standard InChI is InChI=1S/C19H19ClF2N2O2/c1-3-24(15-8-9-16(21)17(22)10-15)19(26)11-18(23-12(2)25)13-4-6-14(20)7-5-13/h4-10,18H,3,11H2,1-2H3,(H,23,25). The Kier molecular flexibility index (Phi) is 6.69. The van der Waals surface area contributed by atoms with Gasteiger partial charge in [0.05, 0.1) is 12.5 Å². The molecule has 2 rings (SSSR count). The first-order valence-electron chi connectivity index (χ1n) is 8.09. The Morgan fingerprint density at radius 1 is 1.12 bits per heavy atom. The Bertz CT molecular complexity index is 797. The fourth-order valence-corrected chi connectivity index (χ4v) is 2.76. The largest absolute Gasteiger partial charge is 0.349 e. The smallest absolute Gasteiger partial charge is 0.229 e. The molecule has 0 radical (unpaired) electrons. The second kappa shape index (κ2) is 8.76. The van der Waals surface area contributed by atoms with Crippen molar-refractivity contribution in [2.24, 2.45) is 0 Å². The zero-order valence-corrected chi connectivity index (χ0v) is 15.2. The fraction of sp³-hybridized carbons (Fsp3) is 0.263. The first kappa shape index (κ1) is 19.8. The van der Waals surface area contributed by atoms with Crippen LogP contribution in [0, 0.1) is 11.6 Å². The maximum Gasteiger partial charge on any atom is 0.229 e. The third kappa shape index (κ3) is 5.02. The van der Waals surface area contributed by atoms with Gasteiger partial charge in [0.1, 0.15) is 0 Å². The van der Waals surface area contributed by atoms with Crippen molar-refractivity contribution < 1.29 is 18.4 Å². The van der Waals surface area contributed by atoms with Crippen LogP contribution >= 0.6 is 11.6 Å². The number of amides is 2. The number of carbonyl (C=O) groups excluding carboxylic acids is 2. The molecule has 4 nitrogen and oxygen atoms in total. The molecule has 0 aliphatic rings. The van der Waals surface area contributed by atoms with Crippen molar-refractivity contribution in [3.8, 4) is 0 Å². The number of benzene rings is 2. The van der Waals surface area contributed by atoms with Crippen molar-refractivity contribution in [3.63, 3.8) is 0 Å². The average Bonchev–Trinajstić information content (AvgIpc) is 2.58. The first-order chi connectivity index (χ1) is 12.3. The third-order valence-electron chi connectivity index (χ3n) is 3.86. The van der Waals surface area contributed by atoms with Crippen LogP contribution in [0.1, 0.15) is 31.9 Å². The monoisotopic (exact) mass is 380 g/mol. The lowest BCUT2D eigenvalue weighted by atomic mass is 10.0. The van der Waals surface area contributed by atoms with E-state index >= 15 is 0 Å². The molecule has 0 aromatic heterocycles. The van der Waals surface area contributed by atoms with Crippen molar-refractivity contribution in [2.75, 3.05) is 11.4 Å². The SMILES string of the molecule is CCN(C(=O)CC(NC(C)=O)c1ccc(Cl)cc1)c1ccc(F)c(F)c1. The fourth-order valence-electron chi connectivity index (χ4n) is 2.63. The van der Waals surface area contributed by atoms with Gasteiger partial charge in [-0.1, -0.05) is 23.7 Å². The number of nitrogens with one attached hydrogen (secondary N) is 1. The molecule has 1 N–H and O–H groups in total.